The molecule has 3 aromatic rings. The monoisotopic (exact) mass is 338 g/mol. The van der Waals surface area contributed by atoms with Crippen LogP contribution in [0.3, 0.4) is 0 Å². The number of carbonyl (C=O) groups is 1. The second-order valence-electron chi connectivity index (χ2n) is 5.23. The summed E-state index contributed by atoms with van der Waals surface area (Å²) in [5.41, 5.74) is 3.34. The molecule has 1 amide bonds. The van der Waals surface area contributed by atoms with Crippen molar-refractivity contribution in [1.29, 1.82) is 0 Å². The molecule has 122 valence electrons. The number of hydrogen-bond donors (Lipinski definition) is 1. The van der Waals surface area contributed by atoms with Crippen LogP contribution in [0.5, 0.6) is 5.75 Å². The molecule has 0 saturated heterocycles. The van der Waals surface area contributed by atoms with Crippen LogP contribution in [-0.2, 0) is 6.42 Å². The van der Waals surface area contributed by atoms with Crippen molar-refractivity contribution in [1.82, 2.24) is 4.98 Å². The highest BCUT2D eigenvalue weighted by Crippen LogP contribution is 2.26. The van der Waals surface area contributed by atoms with Gasteiger partial charge in [0, 0.05) is 16.6 Å². The lowest BCUT2D eigenvalue weighted by molar-refractivity contribution is 0.102. The van der Waals surface area contributed by atoms with Crippen molar-refractivity contribution >= 4 is 22.9 Å². The molecule has 0 radical (unpaired) electrons. The lowest BCUT2D eigenvalue weighted by atomic mass is 10.1. The standard InChI is InChI=1S/C19H18N2O2S/c1-3-13-6-4-5-7-16(13)20-18(22)17-12-24-19(21-17)14-8-10-15(23-2)11-9-14/h4-12H,3H2,1-2H3,(H,20,22). The molecule has 5 heteroatoms. The van der Waals surface area contributed by atoms with E-state index in [9.17, 15) is 4.79 Å². The Morgan fingerprint density at radius 1 is 1.17 bits per heavy atom. The molecule has 3 rings (SSSR count). The van der Waals surface area contributed by atoms with E-state index in [4.69, 9.17) is 4.74 Å². The number of aryl methyl sites for hydroxylation is 1. The summed E-state index contributed by atoms with van der Waals surface area (Å²) in [6.45, 7) is 2.07. The first kappa shape index (κ1) is 16.2. The van der Waals surface area contributed by atoms with Gasteiger partial charge in [0.05, 0.1) is 7.11 Å². The number of hydrogen-bond acceptors (Lipinski definition) is 4. The fourth-order valence-corrected chi connectivity index (χ4v) is 3.19. The zero-order chi connectivity index (χ0) is 16.9. The Kier molecular flexibility index (Phi) is 4.91. The third-order valence-corrected chi connectivity index (χ3v) is 4.61. The van der Waals surface area contributed by atoms with E-state index in [0.29, 0.717) is 5.69 Å². The van der Waals surface area contributed by atoms with Gasteiger partial charge in [-0.05, 0) is 42.3 Å². The second kappa shape index (κ2) is 7.27. The van der Waals surface area contributed by atoms with Gasteiger partial charge in [0.15, 0.2) is 0 Å². The smallest absolute Gasteiger partial charge is 0.275 e. The van der Waals surface area contributed by atoms with E-state index in [1.54, 1.807) is 12.5 Å². The van der Waals surface area contributed by atoms with Crippen LogP contribution in [0.15, 0.2) is 53.9 Å². The number of thiazole rings is 1. The second-order valence-corrected chi connectivity index (χ2v) is 6.09. The molecule has 24 heavy (non-hydrogen) atoms. The topological polar surface area (TPSA) is 51.2 Å². The summed E-state index contributed by atoms with van der Waals surface area (Å²) in [4.78, 5) is 16.9. The van der Waals surface area contributed by atoms with Crippen LogP contribution in [0, 0.1) is 0 Å². The first-order chi connectivity index (χ1) is 11.7. The van der Waals surface area contributed by atoms with Gasteiger partial charge in [0.2, 0.25) is 0 Å². The summed E-state index contributed by atoms with van der Waals surface area (Å²) in [6, 6.07) is 15.4. The zero-order valence-corrected chi connectivity index (χ0v) is 14.4. The van der Waals surface area contributed by atoms with Crippen molar-refractivity contribution in [2.75, 3.05) is 12.4 Å². The van der Waals surface area contributed by atoms with Gasteiger partial charge in [-0.15, -0.1) is 11.3 Å². The van der Waals surface area contributed by atoms with Gasteiger partial charge in [-0.1, -0.05) is 25.1 Å². The molecule has 0 aliphatic rings. The molecule has 0 bridgehead atoms. The van der Waals surface area contributed by atoms with Crippen LogP contribution in [0.2, 0.25) is 0 Å². The number of aromatic nitrogens is 1. The van der Waals surface area contributed by atoms with Crippen molar-refractivity contribution in [3.05, 3.63) is 65.2 Å². The molecule has 1 N–H and O–H groups in total. The molecule has 2 aromatic carbocycles. The van der Waals surface area contributed by atoms with E-state index in [0.717, 1.165) is 34.0 Å². The molecule has 0 aliphatic heterocycles. The minimum Gasteiger partial charge on any atom is -0.497 e. The summed E-state index contributed by atoms with van der Waals surface area (Å²) < 4.78 is 5.16. The Bertz CT molecular complexity index is 841. The number of para-hydroxylation sites is 1. The van der Waals surface area contributed by atoms with Gasteiger partial charge >= 0.3 is 0 Å². The van der Waals surface area contributed by atoms with E-state index in [1.807, 2.05) is 48.5 Å². The molecule has 0 aliphatic carbocycles. The van der Waals surface area contributed by atoms with Crippen LogP contribution in [0.25, 0.3) is 10.6 Å². The number of amides is 1. The van der Waals surface area contributed by atoms with Crippen LogP contribution >= 0.6 is 11.3 Å². The van der Waals surface area contributed by atoms with Crippen molar-refractivity contribution in [2.24, 2.45) is 0 Å². The Balaban J connectivity index is 1.78. The lowest BCUT2D eigenvalue weighted by Crippen LogP contribution is -2.13. The molecule has 0 saturated carbocycles. The summed E-state index contributed by atoms with van der Waals surface area (Å²) in [6.07, 6.45) is 0.866. The number of ether oxygens (including phenoxy) is 1. The molecule has 0 spiro atoms. The number of carbonyl (C=O) groups excluding carboxylic acids is 1. The lowest BCUT2D eigenvalue weighted by Gasteiger charge is -2.08. The first-order valence-corrected chi connectivity index (χ1v) is 8.58. The normalized spacial score (nSPS) is 10.4. The van der Waals surface area contributed by atoms with E-state index in [1.165, 1.54) is 11.3 Å². The Hall–Kier alpha value is -2.66. The average Bonchev–Trinajstić information content (AvgIpc) is 3.12. The van der Waals surface area contributed by atoms with Gasteiger partial charge in [-0.2, -0.15) is 0 Å². The van der Waals surface area contributed by atoms with Crippen molar-refractivity contribution in [3.63, 3.8) is 0 Å². The van der Waals surface area contributed by atoms with E-state index < -0.39 is 0 Å². The van der Waals surface area contributed by atoms with Gasteiger partial charge < -0.3 is 10.1 Å². The maximum atomic E-state index is 12.4. The summed E-state index contributed by atoms with van der Waals surface area (Å²) in [5.74, 6) is 0.608. The van der Waals surface area contributed by atoms with Crippen molar-refractivity contribution in [3.8, 4) is 16.3 Å². The number of benzene rings is 2. The predicted molar refractivity (Wildman–Crippen MR) is 97.9 cm³/mol. The minimum absolute atomic E-state index is 0.188. The van der Waals surface area contributed by atoms with Crippen LogP contribution in [0.1, 0.15) is 23.0 Å². The van der Waals surface area contributed by atoms with Gasteiger partial charge in [0.25, 0.3) is 5.91 Å². The fourth-order valence-electron chi connectivity index (χ4n) is 2.38. The Labute approximate surface area is 145 Å². The molecular formula is C19H18N2O2S. The number of nitrogens with zero attached hydrogens (tertiary/aromatic N) is 1. The molecule has 1 aromatic heterocycles. The van der Waals surface area contributed by atoms with E-state index >= 15 is 0 Å². The average molecular weight is 338 g/mol. The van der Waals surface area contributed by atoms with Crippen molar-refractivity contribution < 1.29 is 9.53 Å². The summed E-state index contributed by atoms with van der Waals surface area (Å²) >= 11 is 1.45. The van der Waals surface area contributed by atoms with Crippen molar-refractivity contribution in [2.45, 2.75) is 13.3 Å². The highest BCUT2D eigenvalue weighted by molar-refractivity contribution is 7.13. The number of nitrogens with one attached hydrogen (secondary N) is 1. The maximum absolute atomic E-state index is 12.4. The first-order valence-electron chi connectivity index (χ1n) is 7.70. The Morgan fingerprint density at radius 3 is 2.62 bits per heavy atom. The van der Waals surface area contributed by atoms with Crippen LogP contribution in [-0.4, -0.2) is 18.0 Å². The molecule has 0 unspecified atom stereocenters. The van der Waals surface area contributed by atoms with Gasteiger partial charge in [-0.25, -0.2) is 4.98 Å². The molecular weight excluding hydrogens is 320 g/mol. The largest absolute Gasteiger partial charge is 0.497 e. The fraction of sp³-hybridized carbons (Fsp3) is 0.158. The third kappa shape index (κ3) is 3.46. The molecule has 1 heterocycles. The summed E-state index contributed by atoms with van der Waals surface area (Å²) in [7, 11) is 1.63. The molecule has 4 nitrogen and oxygen atoms in total. The number of anilines is 1. The SMILES string of the molecule is CCc1ccccc1NC(=O)c1csc(-c2ccc(OC)cc2)n1. The van der Waals surface area contributed by atoms with Gasteiger partial charge in [-0.3, -0.25) is 4.79 Å². The van der Waals surface area contributed by atoms with Crippen LogP contribution in [0.4, 0.5) is 5.69 Å². The van der Waals surface area contributed by atoms with E-state index in [2.05, 4.69) is 17.2 Å². The number of methoxy groups -OCH3 is 1. The minimum atomic E-state index is -0.188. The molecule has 0 fully saturated rings. The van der Waals surface area contributed by atoms with Gasteiger partial charge in [0.1, 0.15) is 16.5 Å². The quantitative estimate of drug-likeness (QED) is 0.738. The van der Waals surface area contributed by atoms with Crippen LogP contribution < -0.4 is 10.1 Å². The highest BCUT2D eigenvalue weighted by Gasteiger charge is 2.13. The highest BCUT2D eigenvalue weighted by atomic mass is 32.1. The molecule has 0 atom stereocenters. The predicted octanol–water partition coefficient (Wildman–Crippen LogP) is 4.63. The third-order valence-electron chi connectivity index (χ3n) is 3.72. The Morgan fingerprint density at radius 2 is 1.92 bits per heavy atom. The maximum Gasteiger partial charge on any atom is 0.275 e. The zero-order valence-electron chi connectivity index (χ0n) is 13.6. The summed E-state index contributed by atoms with van der Waals surface area (Å²) in [5, 5.41) is 5.54. The van der Waals surface area contributed by atoms with E-state index in [-0.39, 0.29) is 5.91 Å². The number of rotatable bonds is 5.